The Kier molecular flexibility index (Phi) is 8.31. The van der Waals surface area contributed by atoms with Gasteiger partial charge in [0.25, 0.3) is 0 Å². The third kappa shape index (κ3) is 6.29. The van der Waals surface area contributed by atoms with Gasteiger partial charge < -0.3 is 19.4 Å². The Morgan fingerprint density at radius 3 is 2.07 bits per heavy atom. The lowest BCUT2D eigenvalue weighted by Gasteiger charge is -2.37. The third-order valence-corrected chi connectivity index (χ3v) is 8.32. The largest absolute Gasteiger partial charge is 0.355 e. The first-order valence-corrected chi connectivity index (χ1v) is 14.9. The zero-order valence-corrected chi connectivity index (χ0v) is 23.8. The molecule has 1 saturated heterocycles. The summed E-state index contributed by atoms with van der Waals surface area (Å²) in [4.78, 5) is 18.0. The standard InChI is InChI=1S/C35H39N3O3/c1-35(23-36-33(39)29-20-12-5-13-21-29)24-40-34(41-25-35)32-37-30(27-16-8-3-9-17-27)31(28-18-10-4-11-19-28)38(32)22-26-14-6-2-7-15-26/h2-4,6-11,14-19,29,34H,5,12-13,20-25H2,1H3,(H,36,39)/t34-,35+. The highest BCUT2D eigenvalue weighted by Gasteiger charge is 2.37. The number of carbonyl (C=O) groups excluding carboxylic acids is 1. The van der Waals surface area contributed by atoms with Gasteiger partial charge in [0.15, 0.2) is 5.82 Å². The minimum Gasteiger partial charge on any atom is -0.355 e. The van der Waals surface area contributed by atoms with E-state index in [0.717, 1.165) is 54.0 Å². The van der Waals surface area contributed by atoms with Gasteiger partial charge in [-0.1, -0.05) is 117 Å². The summed E-state index contributed by atoms with van der Waals surface area (Å²) < 4.78 is 15.1. The molecule has 0 unspecified atom stereocenters. The van der Waals surface area contributed by atoms with E-state index < -0.39 is 6.29 Å². The summed E-state index contributed by atoms with van der Waals surface area (Å²) in [6, 6.07) is 31.1. The molecule has 1 aliphatic heterocycles. The van der Waals surface area contributed by atoms with E-state index in [1.807, 2.05) is 30.3 Å². The van der Waals surface area contributed by atoms with E-state index in [4.69, 9.17) is 14.5 Å². The SMILES string of the molecule is C[C@]1(CNC(=O)C2CCCCC2)CO[C@@H](c2nc(-c3ccccc3)c(-c3ccccc3)n2Cc2ccccc2)OC1. The molecule has 2 aliphatic rings. The monoisotopic (exact) mass is 549 g/mol. The number of nitrogens with zero attached hydrogens (tertiary/aromatic N) is 2. The van der Waals surface area contributed by atoms with Crippen LogP contribution >= 0.6 is 0 Å². The highest BCUT2D eigenvalue weighted by molar-refractivity contribution is 5.79. The van der Waals surface area contributed by atoms with Crippen molar-refractivity contribution in [1.82, 2.24) is 14.9 Å². The average molecular weight is 550 g/mol. The molecule has 3 aromatic carbocycles. The number of hydrogen-bond donors (Lipinski definition) is 1. The molecule has 1 saturated carbocycles. The van der Waals surface area contributed by atoms with Crippen LogP contribution in [0.1, 0.15) is 56.7 Å². The van der Waals surface area contributed by atoms with Crippen LogP contribution in [0, 0.1) is 11.3 Å². The number of aromatic nitrogens is 2. The topological polar surface area (TPSA) is 65.4 Å². The zero-order valence-electron chi connectivity index (χ0n) is 23.8. The van der Waals surface area contributed by atoms with Gasteiger partial charge >= 0.3 is 0 Å². The summed E-state index contributed by atoms with van der Waals surface area (Å²) in [5.74, 6) is 1.06. The molecule has 0 bridgehead atoms. The van der Waals surface area contributed by atoms with Gasteiger partial charge in [-0.2, -0.15) is 0 Å². The van der Waals surface area contributed by atoms with Crippen LogP contribution in [-0.2, 0) is 20.8 Å². The minimum absolute atomic E-state index is 0.142. The minimum atomic E-state index is -0.610. The van der Waals surface area contributed by atoms with Gasteiger partial charge in [-0.05, 0) is 18.4 Å². The van der Waals surface area contributed by atoms with Crippen molar-refractivity contribution >= 4 is 5.91 Å². The van der Waals surface area contributed by atoms with Gasteiger partial charge in [0, 0.05) is 35.5 Å². The maximum atomic E-state index is 12.8. The summed E-state index contributed by atoms with van der Waals surface area (Å²) >= 11 is 0. The second-order valence-corrected chi connectivity index (χ2v) is 11.8. The summed E-state index contributed by atoms with van der Waals surface area (Å²) in [6.45, 7) is 4.24. The molecule has 1 N–H and O–H groups in total. The van der Waals surface area contributed by atoms with Crippen molar-refractivity contribution in [2.24, 2.45) is 11.3 Å². The number of amides is 1. The number of hydrogen-bond acceptors (Lipinski definition) is 4. The predicted molar refractivity (Wildman–Crippen MR) is 161 cm³/mol. The van der Waals surface area contributed by atoms with Crippen molar-refractivity contribution in [1.29, 1.82) is 0 Å². The molecule has 6 heteroatoms. The van der Waals surface area contributed by atoms with Gasteiger partial charge in [0.05, 0.1) is 24.6 Å². The molecule has 0 radical (unpaired) electrons. The van der Waals surface area contributed by atoms with Crippen molar-refractivity contribution in [2.45, 2.75) is 51.9 Å². The molecule has 2 fully saturated rings. The first-order valence-electron chi connectivity index (χ1n) is 14.9. The Labute approximate surface area is 242 Å². The molecular weight excluding hydrogens is 510 g/mol. The van der Waals surface area contributed by atoms with Crippen LogP contribution in [0.5, 0.6) is 0 Å². The van der Waals surface area contributed by atoms with Gasteiger partial charge in [-0.15, -0.1) is 0 Å². The van der Waals surface area contributed by atoms with Gasteiger partial charge in [-0.25, -0.2) is 4.98 Å². The van der Waals surface area contributed by atoms with Gasteiger partial charge in [-0.3, -0.25) is 4.79 Å². The fraction of sp³-hybridized carbons (Fsp3) is 0.371. The molecule has 0 atom stereocenters. The normalized spacial score (nSPS) is 21.4. The number of ether oxygens (including phenoxy) is 2. The average Bonchev–Trinajstić information content (AvgIpc) is 3.41. The Bertz CT molecular complexity index is 1420. The maximum absolute atomic E-state index is 12.8. The Balaban J connectivity index is 1.29. The van der Waals surface area contributed by atoms with E-state index in [-0.39, 0.29) is 17.2 Å². The third-order valence-electron chi connectivity index (χ3n) is 8.32. The number of carbonyl (C=O) groups is 1. The van der Waals surface area contributed by atoms with Crippen LogP contribution in [0.2, 0.25) is 0 Å². The van der Waals surface area contributed by atoms with E-state index in [9.17, 15) is 4.79 Å². The smallest absolute Gasteiger partial charge is 0.223 e. The van der Waals surface area contributed by atoms with Crippen molar-refractivity contribution < 1.29 is 14.3 Å². The summed E-state index contributed by atoms with van der Waals surface area (Å²) in [7, 11) is 0. The van der Waals surface area contributed by atoms with Crippen molar-refractivity contribution in [3.8, 4) is 22.5 Å². The predicted octanol–water partition coefficient (Wildman–Crippen LogP) is 7.01. The Hall–Kier alpha value is -3.74. The van der Waals surface area contributed by atoms with Crippen LogP contribution in [0.25, 0.3) is 22.5 Å². The lowest BCUT2D eigenvalue weighted by molar-refractivity contribution is -0.233. The molecule has 2 heterocycles. The van der Waals surface area contributed by atoms with E-state index in [0.29, 0.717) is 26.3 Å². The van der Waals surface area contributed by atoms with Crippen molar-refractivity contribution in [3.63, 3.8) is 0 Å². The van der Waals surface area contributed by atoms with Crippen LogP contribution in [0.4, 0.5) is 0 Å². The number of benzene rings is 3. The molecule has 0 spiro atoms. The van der Waals surface area contributed by atoms with Crippen molar-refractivity contribution in [2.75, 3.05) is 19.8 Å². The van der Waals surface area contributed by atoms with E-state index >= 15 is 0 Å². The molecular formula is C35H39N3O3. The van der Waals surface area contributed by atoms with Gasteiger partial charge in [0.2, 0.25) is 12.2 Å². The molecule has 6 rings (SSSR count). The zero-order chi connectivity index (χ0) is 28.1. The van der Waals surface area contributed by atoms with Crippen molar-refractivity contribution in [3.05, 3.63) is 102 Å². The highest BCUT2D eigenvalue weighted by atomic mass is 16.7. The fourth-order valence-electron chi connectivity index (χ4n) is 5.97. The molecule has 41 heavy (non-hydrogen) atoms. The van der Waals surface area contributed by atoms with Crippen LogP contribution in [0.15, 0.2) is 91.0 Å². The quantitative estimate of drug-likeness (QED) is 0.257. The maximum Gasteiger partial charge on any atom is 0.223 e. The second-order valence-electron chi connectivity index (χ2n) is 11.8. The Morgan fingerprint density at radius 2 is 1.44 bits per heavy atom. The molecule has 4 aromatic rings. The van der Waals surface area contributed by atoms with Crippen LogP contribution in [-0.4, -0.2) is 35.2 Å². The summed E-state index contributed by atoms with van der Waals surface area (Å²) in [5, 5.41) is 3.20. The number of rotatable bonds is 8. The molecule has 1 aromatic heterocycles. The number of imidazole rings is 1. The molecule has 1 aliphatic carbocycles. The number of nitrogens with one attached hydrogen (secondary N) is 1. The lowest BCUT2D eigenvalue weighted by atomic mass is 9.87. The first kappa shape index (κ1) is 27.4. The van der Waals surface area contributed by atoms with Crippen LogP contribution in [0.3, 0.4) is 0 Å². The summed E-state index contributed by atoms with van der Waals surface area (Å²) in [5.41, 5.74) is 4.95. The lowest BCUT2D eigenvalue weighted by Crippen LogP contribution is -2.47. The van der Waals surface area contributed by atoms with E-state index in [1.54, 1.807) is 0 Å². The molecule has 6 nitrogen and oxygen atoms in total. The summed E-state index contributed by atoms with van der Waals surface area (Å²) in [6.07, 6.45) is 4.91. The van der Waals surface area contributed by atoms with E-state index in [1.165, 1.54) is 12.0 Å². The Morgan fingerprint density at radius 1 is 0.854 bits per heavy atom. The first-order chi connectivity index (χ1) is 20.1. The second kappa shape index (κ2) is 12.4. The molecule has 1 amide bonds. The fourth-order valence-corrected chi connectivity index (χ4v) is 5.97. The molecule has 212 valence electrons. The van der Waals surface area contributed by atoms with E-state index in [2.05, 4.69) is 77.5 Å². The highest BCUT2D eigenvalue weighted by Crippen LogP contribution is 2.38. The van der Waals surface area contributed by atoms with Gasteiger partial charge in [0.1, 0.15) is 0 Å². The van der Waals surface area contributed by atoms with Crippen LogP contribution < -0.4 is 5.32 Å².